The van der Waals surface area contributed by atoms with Crippen LogP contribution in [0.5, 0.6) is 0 Å². The average Bonchev–Trinajstić information content (AvgIpc) is 3.14. The molecule has 0 saturated heterocycles. The molecule has 8 nitrogen and oxygen atoms in total. The molecule has 8 heteroatoms. The first-order valence-electron chi connectivity index (χ1n) is 21.8. The van der Waals surface area contributed by atoms with E-state index in [4.69, 9.17) is 14.2 Å². The van der Waals surface area contributed by atoms with E-state index in [0.29, 0.717) is 19.3 Å². The molecule has 0 spiro atoms. The Kier molecular flexibility index (Phi) is 35.9. The summed E-state index contributed by atoms with van der Waals surface area (Å²) in [6.07, 6.45) is 45.4. The number of esters is 2. The van der Waals surface area contributed by atoms with Crippen LogP contribution in [0.15, 0.2) is 60.8 Å². The monoisotopic (exact) mass is 773 g/mol. The highest BCUT2D eigenvalue weighted by molar-refractivity contribution is 5.72. The summed E-state index contributed by atoms with van der Waals surface area (Å²) in [6, 6.07) is -0.620. The highest BCUT2D eigenvalue weighted by Crippen LogP contribution is 2.13. The molecule has 0 saturated carbocycles. The summed E-state index contributed by atoms with van der Waals surface area (Å²) in [7, 11) is 5.51. The summed E-state index contributed by atoms with van der Waals surface area (Å²) < 4.78 is 17.2. The van der Waals surface area contributed by atoms with Gasteiger partial charge in [-0.3, -0.25) is 9.59 Å². The van der Waals surface area contributed by atoms with E-state index < -0.39 is 18.1 Å². The molecule has 0 aliphatic rings. The van der Waals surface area contributed by atoms with Gasteiger partial charge in [0.2, 0.25) is 0 Å². The molecular weight excluding hydrogens is 691 g/mol. The van der Waals surface area contributed by atoms with Gasteiger partial charge in [-0.1, -0.05) is 132 Å². The zero-order valence-corrected chi connectivity index (χ0v) is 35.9. The van der Waals surface area contributed by atoms with Crippen molar-refractivity contribution >= 4 is 17.9 Å². The third kappa shape index (κ3) is 36.4. The Morgan fingerprint density at radius 2 is 1.02 bits per heavy atom. The van der Waals surface area contributed by atoms with Crippen LogP contribution in [0.25, 0.3) is 0 Å². The number of hydrogen-bond acceptors (Lipinski definition) is 6. The molecule has 2 unspecified atom stereocenters. The number of carbonyl (C=O) groups is 3. The van der Waals surface area contributed by atoms with Crippen LogP contribution in [-0.4, -0.2) is 80.6 Å². The van der Waals surface area contributed by atoms with Gasteiger partial charge in [0.15, 0.2) is 12.1 Å². The fourth-order valence-corrected chi connectivity index (χ4v) is 6.02. The van der Waals surface area contributed by atoms with Gasteiger partial charge in [-0.25, -0.2) is 4.79 Å². The molecule has 0 aliphatic carbocycles. The SMILES string of the molecule is CC/C=C/C/C=C/C/C=C/C/C=C/CCCCCCCCC(=O)OC(COCCC(C(=O)O)[N+](C)(C)C)COC(=O)CCCCCCC/C=C/CCCCC. The van der Waals surface area contributed by atoms with Crippen molar-refractivity contribution in [2.75, 3.05) is 41.0 Å². The number of likely N-dealkylation sites (N-methyl/N-ethyl adjacent to an activating group) is 1. The second-order valence-corrected chi connectivity index (χ2v) is 15.6. The Labute approximate surface area is 337 Å². The number of hydrogen-bond donors (Lipinski definition) is 1. The zero-order valence-electron chi connectivity index (χ0n) is 35.9. The first kappa shape index (κ1) is 52.0. The lowest BCUT2D eigenvalue weighted by atomic mass is 10.1. The highest BCUT2D eigenvalue weighted by Gasteiger charge is 2.31. The van der Waals surface area contributed by atoms with Crippen molar-refractivity contribution in [3.8, 4) is 0 Å². The van der Waals surface area contributed by atoms with Gasteiger partial charge in [-0.15, -0.1) is 0 Å². The van der Waals surface area contributed by atoms with Crippen molar-refractivity contribution in [1.29, 1.82) is 0 Å². The normalized spacial score (nSPS) is 13.5. The molecule has 1 N–H and O–H groups in total. The molecule has 0 bridgehead atoms. The van der Waals surface area contributed by atoms with Crippen LogP contribution in [-0.2, 0) is 28.6 Å². The van der Waals surface area contributed by atoms with E-state index in [2.05, 4.69) is 74.6 Å². The van der Waals surface area contributed by atoms with Crippen molar-refractivity contribution < 1.29 is 38.2 Å². The third-order valence-electron chi connectivity index (χ3n) is 9.40. The fourth-order valence-electron chi connectivity index (χ4n) is 6.02. The van der Waals surface area contributed by atoms with Crippen LogP contribution in [0, 0.1) is 0 Å². The Hall–Kier alpha value is -2.97. The summed E-state index contributed by atoms with van der Waals surface area (Å²) in [4.78, 5) is 36.9. The smallest absolute Gasteiger partial charge is 0.362 e. The molecule has 0 aromatic heterocycles. The Balaban J connectivity index is 4.38. The van der Waals surface area contributed by atoms with Gasteiger partial charge < -0.3 is 23.8 Å². The van der Waals surface area contributed by atoms with Gasteiger partial charge >= 0.3 is 17.9 Å². The topological polar surface area (TPSA) is 99.1 Å². The second kappa shape index (κ2) is 37.9. The van der Waals surface area contributed by atoms with Crippen LogP contribution in [0.4, 0.5) is 0 Å². The summed E-state index contributed by atoms with van der Waals surface area (Å²) in [5.41, 5.74) is 0. The number of unbranched alkanes of at least 4 members (excludes halogenated alkanes) is 14. The van der Waals surface area contributed by atoms with Gasteiger partial charge in [-0.05, 0) is 77.0 Å². The zero-order chi connectivity index (χ0) is 40.7. The van der Waals surface area contributed by atoms with E-state index in [1.54, 1.807) is 0 Å². The molecule has 55 heavy (non-hydrogen) atoms. The number of carboxylic acids is 1. The van der Waals surface area contributed by atoms with E-state index in [9.17, 15) is 19.5 Å². The minimum atomic E-state index is -0.881. The van der Waals surface area contributed by atoms with Crippen LogP contribution in [0.1, 0.15) is 168 Å². The molecule has 0 fully saturated rings. The molecule has 0 aliphatic heterocycles. The predicted octanol–water partition coefficient (Wildman–Crippen LogP) is 11.8. The summed E-state index contributed by atoms with van der Waals surface area (Å²) in [5, 5.41) is 9.61. The Bertz CT molecular complexity index is 1090. The van der Waals surface area contributed by atoms with Gasteiger partial charge in [0.05, 0.1) is 34.4 Å². The molecule has 0 heterocycles. The van der Waals surface area contributed by atoms with Crippen molar-refractivity contribution in [2.24, 2.45) is 0 Å². The molecule has 0 amide bonds. The van der Waals surface area contributed by atoms with Crippen LogP contribution < -0.4 is 0 Å². The number of aliphatic carboxylic acids is 1. The first-order chi connectivity index (χ1) is 26.6. The summed E-state index contributed by atoms with van der Waals surface area (Å²) in [5.74, 6) is -1.50. The Morgan fingerprint density at radius 1 is 0.564 bits per heavy atom. The number of rotatable bonds is 38. The molecule has 2 atom stereocenters. The fraction of sp³-hybridized carbons (Fsp3) is 0.723. The lowest BCUT2D eigenvalue weighted by Gasteiger charge is -2.31. The number of carbonyl (C=O) groups excluding carboxylic acids is 2. The Morgan fingerprint density at radius 3 is 1.53 bits per heavy atom. The predicted molar refractivity (Wildman–Crippen MR) is 229 cm³/mol. The van der Waals surface area contributed by atoms with E-state index in [1.165, 1.54) is 44.9 Å². The number of allylic oxidation sites excluding steroid dienone is 10. The maximum Gasteiger partial charge on any atom is 0.362 e. The van der Waals surface area contributed by atoms with Gasteiger partial charge in [0.25, 0.3) is 0 Å². The minimum absolute atomic E-state index is 0.0504. The van der Waals surface area contributed by atoms with Crippen LogP contribution >= 0.6 is 0 Å². The highest BCUT2D eigenvalue weighted by atomic mass is 16.6. The third-order valence-corrected chi connectivity index (χ3v) is 9.40. The molecular formula is C47H82NO7+. The second-order valence-electron chi connectivity index (χ2n) is 15.6. The minimum Gasteiger partial charge on any atom is -0.477 e. The van der Waals surface area contributed by atoms with Crippen molar-refractivity contribution in [3.05, 3.63) is 60.8 Å². The molecule has 0 rings (SSSR count). The maximum atomic E-state index is 12.7. The van der Waals surface area contributed by atoms with Crippen molar-refractivity contribution in [3.63, 3.8) is 0 Å². The molecule has 0 aromatic rings. The number of quaternary nitrogens is 1. The quantitative estimate of drug-likeness (QED) is 0.0289. The van der Waals surface area contributed by atoms with Crippen molar-refractivity contribution in [2.45, 2.75) is 180 Å². The lowest BCUT2D eigenvalue weighted by molar-refractivity contribution is -0.887. The summed E-state index contributed by atoms with van der Waals surface area (Å²) >= 11 is 0. The van der Waals surface area contributed by atoms with Gasteiger partial charge in [-0.2, -0.15) is 0 Å². The van der Waals surface area contributed by atoms with Crippen LogP contribution in [0.2, 0.25) is 0 Å². The van der Waals surface area contributed by atoms with E-state index in [1.807, 2.05) is 21.1 Å². The largest absolute Gasteiger partial charge is 0.477 e. The van der Waals surface area contributed by atoms with Gasteiger partial charge in [0, 0.05) is 19.3 Å². The van der Waals surface area contributed by atoms with E-state index >= 15 is 0 Å². The maximum absolute atomic E-state index is 12.7. The number of carboxylic acid groups (broad SMARTS) is 1. The molecule has 316 valence electrons. The van der Waals surface area contributed by atoms with Crippen molar-refractivity contribution in [1.82, 2.24) is 0 Å². The standard InChI is InChI=1S/C47H81NO7/c1-6-8-10-12-14-16-18-20-21-22-23-24-25-26-28-30-32-34-36-38-46(50)55-43(41-53-40-39-44(47(51)52)48(3,4)5)42-54-45(49)37-35-33-31-29-27-19-17-15-13-11-9-7-2/h8,10,14-17,20-21,23-24,43-44H,6-7,9,11-13,18-19,22,25-42H2,1-5H3/p+1/b10-8+,16-14+,17-15+,21-20+,24-23+. The van der Waals surface area contributed by atoms with E-state index in [-0.39, 0.29) is 36.2 Å². The summed E-state index contributed by atoms with van der Waals surface area (Å²) in [6.45, 7) is 4.56. The lowest BCUT2D eigenvalue weighted by Crippen LogP contribution is -2.50. The average molecular weight is 773 g/mol. The number of ether oxygens (including phenoxy) is 3. The number of nitrogens with zero attached hydrogens (tertiary/aromatic N) is 1. The molecule has 0 radical (unpaired) electrons. The van der Waals surface area contributed by atoms with Crippen LogP contribution in [0.3, 0.4) is 0 Å². The van der Waals surface area contributed by atoms with Gasteiger partial charge in [0.1, 0.15) is 6.61 Å². The molecule has 0 aromatic carbocycles. The first-order valence-corrected chi connectivity index (χ1v) is 21.8. The van der Waals surface area contributed by atoms with E-state index in [0.717, 1.165) is 89.9 Å².